The van der Waals surface area contributed by atoms with Gasteiger partial charge in [0.2, 0.25) is 0 Å². The maximum absolute atomic E-state index is 13.3. The average Bonchev–Trinajstić information content (AvgIpc) is 2.75. The summed E-state index contributed by atoms with van der Waals surface area (Å²) in [7, 11) is 0. The van der Waals surface area contributed by atoms with Gasteiger partial charge in [0, 0.05) is 10.5 Å². The Bertz CT molecular complexity index is 574. The van der Waals surface area contributed by atoms with Crippen LogP contribution in [0.5, 0.6) is 0 Å². The lowest BCUT2D eigenvalue weighted by atomic mass is 10.0. The largest absolute Gasteiger partial charge is 0.322 e. The van der Waals surface area contributed by atoms with Crippen LogP contribution in [0.3, 0.4) is 0 Å². The third-order valence-corrected chi connectivity index (χ3v) is 3.84. The van der Waals surface area contributed by atoms with Gasteiger partial charge in [-0.15, -0.1) is 0 Å². The Labute approximate surface area is 124 Å². The van der Waals surface area contributed by atoms with Gasteiger partial charge in [0.1, 0.15) is 5.82 Å². The molecule has 1 aromatic carbocycles. The number of hydrogen-bond donors (Lipinski definition) is 1. The number of benzene rings is 1. The number of nitrogens with two attached hydrogens (primary N) is 1. The fraction of sp³-hybridized carbons (Fsp3) is 0.308. The highest BCUT2D eigenvalue weighted by molar-refractivity contribution is 9.10. The van der Waals surface area contributed by atoms with Crippen molar-refractivity contribution in [3.05, 3.63) is 45.7 Å². The van der Waals surface area contributed by atoms with Crippen LogP contribution in [-0.2, 0) is 0 Å². The maximum atomic E-state index is 13.3. The van der Waals surface area contributed by atoms with Gasteiger partial charge in [-0.3, -0.25) is 4.57 Å². The van der Waals surface area contributed by atoms with Gasteiger partial charge in [0.15, 0.2) is 0 Å². The highest BCUT2D eigenvalue weighted by Crippen LogP contribution is 2.32. The topological polar surface area (TPSA) is 43.8 Å². The first-order valence-electron chi connectivity index (χ1n) is 5.84. The zero-order valence-electron chi connectivity index (χ0n) is 10.6. The lowest BCUT2D eigenvalue weighted by molar-refractivity contribution is 0.496. The molecule has 2 N–H and O–H groups in total. The van der Waals surface area contributed by atoms with E-state index < -0.39 is 5.82 Å². The summed E-state index contributed by atoms with van der Waals surface area (Å²) in [6.07, 6.45) is 3.33. The van der Waals surface area contributed by atoms with E-state index in [2.05, 4.69) is 20.9 Å². The van der Waals surface area contributed by atoms with Gasteiger partial charge in [-0.05, 0) is 34.0 Å². The van der Waals surface area contributed by atoms with E-state index in [1.165, 1.54) is 12.1 Å². The summed E-state index contributed by atoms with van der Waals surface area (Å²) < 4.78 is 15.6. The molecule has 0 spiro atoms. The SMILES string of the molecule is CC(C)C(N)c1cncn1-c1c(Cl)cc(F)cc1Br. The van der Waals surface area contributed by atoms with Gasteiger partial charge < -0.3 is 5.73 Å². The highest BCUT2D eigenvalue weighted by atomic mass is 79.9. The third kappa shape index (κ3) is 2.83. The van der Waals surface area contributed by atoms with Crippen molar-refractivity contribution >= 4 is 27.5 Å². The molecular formula is C13H14BrClFN3. The van der Waals surface area contributed by atoms with Crippen molar-refractivity contribution < 1.29 is 4.39 Å². The van der Waals surface area contributed by atoms with Gasteiger partial charge >= 0.3 is 0 Å². The monoisotopic (exact) mass is 345 g/mol. The fourth-order valence-electron chi connectivity index (χ4n) is 1.84. The molecule has 6 heteroatoms. The molecule has 1 aromatic heterocycles. The number of nitrogens with zero attached hydrogens (tertiary/aromatic N) is 2. The van der Waals surface area contributed by atoms with E-state index in [4.69, 9.17) is 17.3 Å². The van der Waals surface area contributed by atoms with Crippen LogP contribution in [0.4, 0.5) is 4.39 Å². The minimum Gasteiger partial charge on any atom is -0.322 e. The van der Waals surface area contributed by atoms with Crippen LogP contribution >= 0.6 is 27.5 Å². The molecule has 1 atom stereocenters. The standard InChI is InChI=1S/C13H14BrClFN3/c1-7(2)12(17)11-5-18-6-19(11)13-9(14)3-8(16)4-10(13)15/h3-7,12H,17H2,1-2H3. The van der Waals surface area contributed by atoms with Gasteiger partial charge in [0.05, 0.1) is 28.9 Å². The Kier molecular flexibility index (Phi) is 4.28. The van der Waals surface area contributed by atoms with Crippen molar-refractivity contribution in [3.8, 4) is 5.69 Å². The Hall–Kier alpha value is -0.910. The minimum atomic E-state index is -0.393. The second-order valence-electron chi connectivity index (χ2n) is 4.68. The van der Waals surface area contributed by atoms with E-state index >= 15 is 0 Å². The van der Waals surface area contributed by atoms with E-state index in [0.717, 1.165) is 5.69 Å². The summed E-state index contributed by atoms with van der Waals surface area (Å²) in [6.45, 7) is 4.06. The van der Waals surface area contributed by atoms with E-state index in [1.54, 1.807) is 17.1 Å². The zero-order valence-corrected chi connectivity index (χ0v) is 12.9. The van der Waals surface area contributed by atoms with Crippen LogP contribution in [0.15, 0.2) is 29.1 Å². The van der Waals surface area contributed by atoms with Crippen molar-refractivity contribution in [3.63, 3.8) is 0 Å². The number of halogens is 3. The molecule has 1 unspecified atom stereocenters. The number of rotatable bonds is 3. The Balaban J connectivity index is 2.58. The van der Waals surface area contributed by atoms with Crippen molar-refractivity contribution in [1.82, 2.24) is 9.55 Å². The van der Waals surface area contributed by atoms with E-state index in [-0.39, 0.29) is 12.0 Å². The molecule has 19 heavy (non-hydrogen) atoms. The molecule has 3 nitrogen and oxygen atoms in total. The smallest absolute Gasteiger partial charge is 0.125 e. The Morgan fingerprint density at radius 2 is 2.11 bits per heavy atom. The first-order valence-corrected chi connectivity index (χ1v) is 7.01. The van der Waals surface area contributed by atoms with Crippen LogP contribution in [-0.4, -0.2) is 9.55 Å². The Morgan fingerprint density at radius 1 is 1.42 bits per heavy atom. The normalized spacial score (nSPS) is 13.0. The van der Waals surface area contributed by atoms with Crippen molar-refractivity contribution in [1.29, 1.82) is 0 Å². The first kappa shape index (κ1) is 14.5. The molecule has 0 fully saturated rings. The fourth-order valence-corrected chi connectivity index (χ4v) is 2.88. The highest BCUT2D eigenvalue weighted by Gasteiger charge is 2.19. The van der Waals surface area contributed by atoms with Gasteiger partial charge in [0.25, 0.3) is 0 Å². The van der Waals surface area contributed by atoms with Gasteiger partial charge in [-0.25, -0.2) is 9.37 Å². The predicted molar refractivity (Wildman–Crippen MR) is 78.0 cm³/mol. The predicted octanol–water partition coefficient (Wildman–Crippen LogP) is 4.08. The first-order chi connectivity index (χ1) is 8.91. The van der Waals surface area contributed by atoms with Crippen LogP contribution in [0.2, 0.25) is 5.02 Å². The molecule has 102 valence electrons. The molecule has 0 saturated heterocycles. The average molecular weight is 347 g/mol. The van der Waals surface area contributed by atoms with E-state index in [9.17, 15) is 4.39 Å². The lowest BCUT2D eigenvalue weighted by Gasteiger charge is -2.19. The van der Waals surface area contributed by atoms with Crippen LogP contribution in [0.1, 0.15) is 25.6 Å². The summed E-state index contributed by atoms with van der Waals surface area (Å²) in [5.41, 5.74) is 7.64. The summed E-state index contributed by atoms with van der Waals surface area (Å²) in [5.74, 6) is -0.135. The number of hydrogen-bond acceptors (Lipinski definition) is 2. The summed E-state index contributed by atoms with van der Waals surface area (Å²) in [4.78, 5) is 4.12. The van der Waals surface area contributed by atoms with E-state index in [0.29, 0.717) is 15.2 Å². The number of aromatic nitrogens is 2. The molecule has 2 rings (SSSR count). The quantitative estimate of drug-likeness (QED) is 0.910. The minimum absolute atomic E-state index is 0.171. The molecule has 0 aliphatic heterocycles. The van der Waals surface area contributed by atoms with Crippen LogP contribution in [0.25, 0.3) is 5.69 Å². The molecule has 0 amide bonds. The van der Waals surface area contributed by atoms with Crippen molar-refractivity contribution in [2.75, 3.05) is 0 Å². The van der Waals surface area contributed by atoms with E-state index in [1.807, 2.05) is 13.8 Å². The van der Waals surface area contributed by atoms with Crippen molar-refractivity contribution in [2.24, 2.45) is 11.7 Å². The van der Waals surface area contributed by atoms with Gasteiger partial charge in [-0.1, -0.05) is 25.4 Å². The van der Waals surface area contributed by atoms with Crippen molar-refractivity contribution in [2.45, 2.75) is 19.9 Å². The second-order valence-corrected chi connectivity index (χ2v) is 5.94. The molecule has 0 saturated carbocycles. The summed E-state index contributed by atoms with van der Waals surface area (Å²) in [5, 5.41) is 0.307. The molecular weight excluding hydrogens is 333 g/mol. The molecule has 0 radical (unpaired) electrons. The Morgan fingerprint density at radius 3 is 2.68 bits per heavy atom. The third-order valence-electron chi connectivity index (χ3n) is 2.95. The lowest BCUT2D eigenvalue weighted by Crippen LogP contribution is -2.20. The molecule has 0 bridgehead atoms. The zero-order chi connectivity index (χ0) is 14.2. The molecule has 1 heterocycles. The van der Waals surface area contributed by atoms with Crippen LogP contribution in [0, 0.1) is 11.7 Å². The summed E-state index contributed by atoms with van der Waals surface area (Å²) >= 11 is 9.45. The molecule has 0 aliphatic carbocycles. The number of imidazole rings is 1. The van der Waals surface area contributed by atoms with Crippen LogP contribution < -0.4 is 5.73 Å². The maximum Gasteiger partial charge on any atom is 0.125 e. The molecule has 0 aliphatic rings. The second kappa shape index (κ2) is 5.61. The summed E-state index contributed by atoms with van der Waals surface area (Å²) in [6, 6.07) is 2.47. The molecule has 2 aromatic rings. The van der Waals surface area contributed by atoms with Gasteiger partial charge in [-0.2, -0.15) is 0 Å².